The van der Waals surface area contributed by atoms with Gasteiger partial charge in [-0.2, -0.15) is 5.10 Å². The van der Waals surface area contributed by atoms with E-state index in [4.69, 9.17) is 0 Å². The van der Waals surface area contributed by atoms with Crippen LogP contribution in [0.3, 0.4) is 0 Å². The predicted octanol–water partition coefficient (Wildman–Crippen LogP) is 0.775. The van der Waals surface area contributed by atoms with Gasteiger partial charge in [0.15, 0.2) is 6.04 Å². The zero-order valence-corrected chi connectivity index (χ0v) is 15.3. The highest BCUT2D eigenvalue weighted by molar-refractivity contribution is 5.93. The molecule has 1 aromatic heterocycles. The molecule has 7 nitrogen and oxygen atoms in total. The molecule has 134 valence electrons. The summed E-state index contributed by atoms with van der Waals surface area (Å²) in [5, 5.41) is 6.84. The van der Waals surface area contributed by atoms with Crippen LogP contribution in [0, 0.1) is 13.8 Å². The number of hydrogen-bond donors (Lipinski definition) is 2. The molecule has 0 aliphatic rings. The molecule has 0 fully saturated rings. The molecule has 0 radical (unpaired) electrons. The van der Waals surface area contributed by atoms with Crippen molar-refractivity contribution in [3.8, 4) is 5.69 Å². The topological polar surface area (TPSA) is 77.7 Å². The van der Waals surface area contributed by atoms with E-state index in [2.05, 4.69) is 15.2 Å². The molecular weight excluding hydrogens is 320 g/mol. The summed E-state index contributed by atoms with van der Waals surface area (Å²) in [5.41, 5.74) is 4.08. The SMILES string of the molecule is COC(=O)NC(=O)[C@@H](C)[NH+](C)Cc1c(C)nn(-c2ccccc2)c1C. The Hall–Kier alpha value is -2.67. The van der Waals surface area contributed by atoms with Gasteiger partial charge in [0.25, 0.3) is 5.91 Å². The molecule has 25 heavy (non-hydrogen) atoms. The van der Waals surface area contributed by atoms with Crippen LogP contribution < -0.4 is 10.2 Å². The predicted molar refractivity (Wildman–Crippen MR) is 93.6 cm³/mol. The van der Waals surface area contributed by atoms with Crippen molar-refractivity contribution >= 4 is 12.0 Å². The van der Waals surface area contributed by atoms with E-state index in [1.165, 1.54) is 7.11 Å². The molecule has 0 saturated carbocycles. The van der Waals surface area contributed by atoms with Crippen LogP contribution in [0.25, 0.3) is 5.69 Å². The van der Waals surface area contributed by atoms with Crippen LogP contribution >= 0.6 is 0 Å². The number of alkyl carbamates (subject to hydrolysis) is 1. The second-order valence-electron chi connectivity index (χ2n) is 6.12. The Bertz CT molecular complexity index is 755. The van der Waals surface area contributed by atoms with Gasteiger partial charge < -0.3 is 9.64 Å². The molecular formula is C18H25N4O3+. The zero-order chi connectivity index (χ0) is 18.6. The summed E-state index contributed by atoms with van der Waals surface area (Å²) in [4.78, 5) is 24.2. The maximum absolute atomic E-state index is 12.1. The number of carbonyl (C=O) groups excluding carboxylic acids is 2. The minimum Gasteiger partial charge on any atom is -0.453 e. The van der Waals surface area contributed by atoms with Crippen molar-refractivity contribution in [2.45, 2.75) is 33.4 Å². The molecule has 2 rings (SSSR count). The van der Waals surface area contributed by atoms with Gasteiger partial charge in [0.1, 0.15) is 6.54 Å². The molecule has 2 atom stereocenters. The number of hydrogen-bond acceptors (Lipinski definition) is 4. The van der Waals surface area contributed by atoms with Crippen LogP contribution in [0.5, 0.6) is 0 Å². The largest absolute Gasteiger partial charge is 0.453 e. The third-order valence-corrected chi connectivity index (χ3v) is 4.44. The summed E-state index contributed by atoms with van der Waals surface area (Å²) < 4.78 is 6.38. The molecule has 2 amide bonds. The minimum absolute atomic E-state index is 0.366. The number of para-hydroxylation sites is 1. The monoisotopic (exact) mass is 345 g/mol. The Balaban J connectivity index is 2.16. The van der Waals surface area contributed by atoms with Crippen LogP contribution in [0.4, 0.5) is 4.79 Å². The zero-order valence-electron chi connectivity index (χ0n) is 15.3. The van der Waals surface area contributed by atoms with Crippen molar-refractivity contribution < 1.29 is 19.2 Å². The van der Waals surface area contributed by atoms with Gasteiger partial charge >= 0.3 is 6.09 Å². The van der Waals surface area contributed by atoms with Crippen molar-refractivity contribution in [2.75, 3.05) is 14.2 Å². The molecule has 1 heterocycles. The van der Waals surface area contributed by atoms with E-state index in [0.29, 0.717) is 6.54 Å². The number of aromatic nitrogens is 2. The number of rotatable bonds is 5. The van der Waals surface area contributed by atoms with E-state index < -0.39 is 12.1 Å². The van der Waals surface area contributed by atoms with Gasteiger partial charge in [-0.05, 0) is 32.9 Å². The fourth-order valence-corrected chi connectivity index (χ4v) is 2.67. The van der Waals surface area contributed by atoms with E-state index in [0.717, 1.165) is 27.5 Å². The number of likely N-dealkylation sites (N-methyl/N-ethyl adjacent to an activating group) is 1. The average Bonchev–Trinajstić information content (AvgIpc) is 2.89. The standard InChI is InChI=1S/C18H24N4O3/c1-12-16(11-21(4)14(3)17(23)19-18(24)25-5)13(2)22(20-12)15-9-7-6-8-10-15/h6-10,14H,11H2,1-5H3,(H,19,23,24)/p+1/t14-/m1/s1. The van der Waals surface area contributed by atoms with Gasteiger partial charge in [-0.25, -0.2) is 9.48 Å². The van der Waals surface area contributed by atoms with Crippen LogP contribution in [0.15, 0.2) is 30.3 Å². The molecule has 7 heteroatoms. The van der Waals surface area contributed by atoms with Gasteiger partial charge in [0.05, 0.1) is 36.8 Å². The van der Waals surface area contributed by atoms with Gasteiger partial charge in [-0.1, -0.05) is 18.2 Å². The average molecular weight is 345 g/mol. The third kappa shape index (κ3) is 4.24. The van der Waals surface area contributed by atoms with Crippen LogP contribution in [-0.2, 0) is 16.1 Å². The smallest absolute Gasteiger partial charge is 0.413 e. The lowest BCUT2D eigenvalue weighted by atomic mass is 10.1. The highest BCUT2D eigenvalue weighted by Gasteiger charge is 2.26. The number of ether oxygens (including phenoxy) is 1. The fraction of sp³-hybridized carbons (Fsp3) is 0.389. The summed E-state index contributed by atoms with van der Waals surface area (Å²) in [7, 11) is 3.15. The van der Waals surface area contributed by atoms with Crippen LogP contribution in [-0.4, -0.2) is 42.0 Å². The van der Waals surface area contributed by atoms with E-state index in [-0.39, 0.29) is 5.91 Å². The second-order valence-corrected chi connectivity index (χ2v) is 6.12. The van der Waals surface area contributed by atoms with E-state index >= 15 is 0 Å². The van der Waals surface area contributed by atoms with E-state index in [1.54, 1.807) is 6.92 Å². The lowest BCUT2D eigenvalue weighted by Crippen LogP contribution is -3.12. The number of imide groups is 1. The molecule has 1 unspecified atom stereocenters. The lowest BCUT2D eigenvalue weighted by molar-refractivity contribution is -0.908. The first kappa shape index (κ1) is 18.7. The summed E-state index contributed by atoms with van der Waals surface area (Å²) >= 11 is 0. The molecule has 0 saturated heterocycles. The maximum Gasteiger partial charge on any atom is 0.413 e. The van der Waals surface area contributed by atoms with Crippen molar-refractivity contribution in [3.63, 3.8) is 0 Å². The third-order valence-electron chi connectivity index (χ3n) is 4.44. The Morgan fingerprint density at radius 3 is 2.52 bits per heavy atom. The highest BCUT2D eigenvalue weighted by Crippen LogP contribution is 2.16. The molecule has 2 N–H and O–H groups in total. The first-order valence-corrected chi connectivity index (χ1v) is 8.16. The normalized spacial score (nSPS) is 13.2. The Morgan fingerprint density at radius 2 is 1.92 bits per heavy atom. The number of nitrogens with zero attached hydrogens (tertiary/aromatic N) is 2. The van der Waals surface area contributed by atoms with Crippen LogP contribution in [0.2, 0.25) is 0 Å². The fourth-order valence-electron chi connectivity index (χ4n) is 2.67. The highest BCUT2D eigenvalue weighted by atomic mass is 16.5. The van der Waals surface area contributed by atoms with Crippen molar-refractivity contribution in [3.05, 3.63) is 47.3 Å². The molecule has 2 aromatic rings. The van der Waals surface area contributed by atoms with Crippen molar-refractivity contribution in [2.24, 2.45) is 0 Å². The summed E-state index contributed by atoms with van der Waals surface area (Å²) in [5.74, 6) is -0.366. The summed E-state index contributed by atoms with van der Waals surface area (Å²) in [6, 6.07) is 9.52. The van der Waals surface area contributed by atoms with Gasteiger partial charge in [0, 0.05) is 0 Å². The Labute approximate surface area is 147 Å². The minimum atomic E-state index is -0.742. The number of aryl methyl sites for hydroxylation is 1. The Kier molecular flexibility index (Phi) is 5.93. The number of methoxy groups -OCH3 is 1. The quantitative estimate of drug-likeness (QED) is 0.839. The first-order chi connectivity index (χ1) is 11.8. The van der Waals surface area contributed by atoms with Crippen molar-refractivity contribution in [1.82, 2.24) is 15.1 Å². The second kappa shape index (κ2) is 7.94. The molecule has 1 aromatic carbocycles. The van der Waals surface area contributed by atoms with Gasteiger partial charge in [0.2, 0.25) is 0 Å². The molecule has 0 aliphatic carbocycles. The number of amides is 2. The number of carbonyl (C=O) groups is 2. The number of nitrogens with one attached hydrogen (secondary N) is 2. The molecule has 0 aliphatic heterocycles. The molecule has 0 bridgehead atoms. The van der Waals surface area contributed by atoms with Gasteiger partial charge in [-0.3, -0.25) is 10.1 Å². The van der Waals surface area contributed by atoms with Crippen molar-refractivity contribution in [1.29, 1.82) is 0 Å². The first-order valence-electron chi connectivity index (χ1n) is 8.16. The van der Waals surface area contributed by atoms with E-state index in [1.807, 2.05) is 55.9 Å². The van der Waals surface area contributed by atoms with E-state index in [9.17, 15) is 9.59 Å². The number of benzene rings is 1. The lowest BCUT2D eigenvalue weighted by Gasteiger charge is -2.20. The molecule has 0 spiro atoms. The van der Waals surface area contributed by atoms with Gasteiger partial charge in [-0.15, -0.1) is 0 Å². The summed E-state index contributed by atoms with van der Waals surface area (Å²) in [6.45, 7) is 6.39. The van der Waals surface area contributed by atoms with Crippen LogP contribution in [0.1, 0.15) is 23.9 Å². The number of quaternary nitrogens is 1. The summed E-state index contributed by atoms with van der Waals surface area (Å²) in [6.07, 6.45) is -0.742. The maximum atomic E-state index is 12.1. The Morgan fingerprint density at radius 1 is 1.28 bits per heavy atom.